The van der Waals surface area contributed by atoms with E-state index in [0.29, 0.717) is 16.5 Å². The molecule has 0 spiro atoms. The van der Waals surface area contributed by atoms with Crippen molar-refractivity contribution in [1.82, 2.24) is 10.4 Å². The number of benzene rings is 1. The Morgan fingerprint density at radius 3 is 3.00 bits per heavy atom. The van der Waals surface area contributed by atoms with Crippen LogP contribution in [0.15, 0.2) is 47.7 Å². The van der Waals surface area contributed by atoms with Gasteiger partial charge in [-0.2, -0.15) is 5.10 Å². The maximum Gasteiger partial charge on any atom is 0.277 e. The molecule has 0 atom stereocenters. The van der Waals surface area contributed by atoms with E-state index in [1.807, 2.05) is 13.0 Å². The second kappa shape index (κ2) is 7.40. The average molecular weight is 304 g/mol. The minimum Gasteiger partial charge on any atom is -0.484 e. The van der Waals surface area contributed by atoms with Crippen LogP contribution in [-0.2, 0) is 4.79 Å². The smallest absolute Gasteiger partial charge is 0.277 e. The van der Waals surface area contributed by atoms with Gasteiger partial charge in [0.25, 0.3) is 5.91 Å². The zero-order valence-corrected chi connectivity index (χ0v) is 12.2. The maximum absolute atomic E-state index is 11.6. The number of aromatic nitrogens is 1. The fourth-order valence-electron chi connectivity index (χ4n) is 1.51. The van der Waals surface area contributed by atoms with E-state index in [-0.39, 0.29) is 12.5 Å². The quantitative estimate of drug-likeness (QED) is 0.682. The number of aryl methyl sites for hydroxylation is 1. The van der Waals surface area contributed by atoms with Crippen LogP contribution in [0.2, 0.25) is 5.02 Å². The van der Waals surface area contributed by atoms with Crippen molar-refractivity contribution >= 4 is 23.7 Å². The molecule has 0 aliphatic heterocycles. The molecule has 5 nitrogen and oxygen atoms in total. The summed E-state index contributed by atoms with van der Waals surface area (Å²) < 4.78 is 5.35. The van der Waals surface area contributed by atoms with Crippen LogP contribution in [0.4, 0.5) is 0 Å². The van der Waals surface area contributed by atoms with Gasteiger partial charge in [-0.1, -0.05) is 17.7 Å². The summed E-state index contributed by atoms with van der Waals surface area (Å²) in [4.78, 5) is 15.6. The van der Waals surface area contributed by atoms with E-state index in [9.17, 15) is 4.79 Å². The van der Waals surface area contributed by atoms with Crippen molar-refractivity contribution < 1.29 is 9.53 Å². The number of rotatable bonds is 5. The number of halogens is 1. The Kier molecular flexibility index (Phi) is 5.29. The molecule has 0 fully saturated rings. The Bertz CT molecular complexity index is 645. The number of hydrogen-bond donors (Lipinski definition) is 1. The van der Waals surface area contributed by atoms with Gasteiger partial charge in [-0.25, -0.2) is 5.43 Å². The lowest BCUT2D eigenvalue weighted by atomic mass is 10.2. The van der Waals surface area contributed by atoms with Gasteiger partial charge in [0.2, 0.25) is 0 Å². The van der Waals surface area contributed by atoms with Crippen LogP contribution in [0.3, 0.4) is 0 Å². The van der Waals surface area contributed by atoms with Crippen LogP contribution in [0.1, 0.15) is 11.3 Å². The third-order valence-electron chi connectivity index (χ3n) is 2.57. The molecule has 0 aliphatic carbocycles. The number of hydrazone groups is 1. The number of hydrogen-bond acceptors (Lipinski definition) is 4. The molecule has 1 aromatic carbocycles. The van der Waals surface area contributed by atoms with Crippen molar-refractivity contribution in [3.63, 3.8) is 0 Å². The van der Waals surface area contributed by atoms with Gasteiger partial charge < -0.3 is 4.74 Å². The Morgan fingerprint density at radius 1 is 1.43 bits per heavy atom. The summed E-state index contributed by atoms with van der Waals surface area (Å²) in [5.74, 6) is 0.232. The Hall–Kier alpha value is -2.40. The van der Waals surface area contributed by atoms with Crippen LogP contribution in [0.5, 0.6) is 5.75 Å². The fraction of sp³-hybridized carbons (Fsp3) is 0.133. The molecule has 0 unspecified atom stereocenters. The second-order valence-corrected chi connectivity index (χ2v) is 4.65. The monoisotopic (exact) mass is 303 g/mol. The summed E-state index contributed by atoms with van der Waals surface area (Å²) in [6.07, 6.45) is 3.11. The molecule has 108 valence electrons. The molecule has 2 aromatic rings. The lowest BCUT2D eigenvalue weighted by Gasteiger charge is -2.06. The molecule has 6 heteroatoms. The highest BCUT2D eigenvalue weighted by atomic mass is 35.5. The molecule has 1 amide bonds. The summed E-state index contributed by atoms with van der Waals surface area (Å²) in [6, 6.07) is 10.6. The first-order chi connectivity index (χ1) is 10.1. The molecule has 21 heavy (non-hydrogen) atoms. The van der Waals surface area contributed by atoms with Gasteiger partial charge in [0, 0.05) is 11.2 Å². The molecule has 0 aliphatic rings. The number of nitrogens with zero attached hydrogens (tertiary/aromatic N) is 2. The molecule has 0 bridgehead atoms. The zero-order valence-electron chi connectivity index (χ0n) is 11.4. The van der Waals surface area contributed by atoms with E-state index in [1.54, 1.807) is 36.5 Å². The van der Waals surface area contributed by atoms with Gasteiger partial charge in [0.1, 0.15) is 5.75 Å². The van der Waals surface area contributed by atoms with Crippen LogP contribution in [0.25, 0.3) is 0 Å². The lowest BCUT2D eigenvalue weighted by Crippen LogP contribution is -2.24. The molecule has 1 heterocycles. The maximum atomic E-state index is 11.6. The fourth-order valence-corrected chi connectivity index (χ4v) is 1.63. The lowest BCUT2D eigenvalue weighted by molar-refractivity contribution is -0.123. The predicted molar refractivity (Wildman–Crippen MR) is 81.7 cm³/mol. The van der Waals surface area contributed by atoms with Gasteiger partial charge in [0.05, 0.1) is 11.9 Å². The summed E-state index contributed by atoms with van der Waals surface area (Å²) >= 11 is 5.91. The number of ether oxygens (including phenoxy) is 1. The third-order valence-corrected chi connectivity index (χ3v) is 3.00. The van der Waals surface area contributed by atoms with Gasteiger partial charge in [-0.05, 0) is 42.8 Å². The van der Waals surface area contributed by atoms with Crippen LogP contribution < -0.4 is 10.2 Å². The minimum absolute atomic E-state index is 0.124. The molecular weight excluding hydrogens is 290 g/mol. The SMILES string of the molecule is Cc1cc(OCC(=O)N/N=C/c2ccccn2)ccc1Cl. The van der Waals surface area contributed by atoms with Crippen molar-refractivity contribution in [1.29, 1.82) is 0 Å². The molecular formula is C15H14ClN3O2. The average Bonchev–Trinajstić information content (AvgIpc) is 2.49. The van der Waals surface area contributed by atoms with E-state index in [4.69, 9.17) is 16.3 Å². The largest absolute Gasteiger partial charge is 0.484 e. The topological polar surface area (TPSA) is 63.6 Å². The van der Waals surface area contributed by atoms with Gasteiger partial charge in [-0.15, -0.1) is 0 Å². The molecule has 0 saturated heterocycles. The Labute approximate surface area is 127 Å². The van der Waals surface area contributed by atoms with Crippen molar-refractivity contribution in [2.24, 2.45) is 5.10 Å². The van der Waals surface area contributed by atoms with E-state index >= 15 is 0 Å². The number of carbonyl (C=O) groups excluding carboxylic acids is 1. The summed E-state index contributed by atoms with van der Waals surface area (Å²) in [5.41, 5.74) is 3.92. The van der Waals surface area contributed by atoms with E-state index in [0.717, 1.165) is 5.56 Å². The second-order valence-electron chi connectivity index (χ2n) is 4.25. The first-order valence-electron chi connectivity index (χ1n) is 6.27. The van der Waals surface area contributed by atoms with Gasteiger partial charge in [0.15, 0.2) is 6.61 Å². The molecule has 0 radical (unpaired) electrons. The predicted octanol–water partition coefficient (Wildman–Crippen LogP) is 2.57. The van der Waals surface area contributed by atoms with Crippen LogP contribution >= 0.6 is 11.6 Å². The van der Waals surface area contributed by atoms with E-state index < -0.39 is 0 Å². The summed E-state index contributed by atoms with van der Waals surface area (Å²) in [6.45, 7) is 1.74. The highest BCUT2D eigenvalue weighted by molar-refractivity contribution is 6.31. The van der Waals surface area contributed by atoms with Crippen LogP contribution in [0, 0.1) is 6.92 Å². The summed E-state index contributed by atoms with van der Waals surface area (Å²) in [5, 5.41) is 4.46. The highest BCUT2D eigenvalue weighted by Crippen LogP contribution is 2.20. The Balaban J connectivity index is 1.79. The van der Waals surface area contributed by atoms with Crippen LogP contribution in [-0.4, -0.2) is 23.7 Å². The van der Waals surface area contributed by atoms with E-state index in [1.165, 1.54) is 6.21 Å². The Morgan fingerprint density at radius 2 is 2.29 bits per heavy atom. The van der Waals surface area contributed by atoms with E-state index in [2.05, 4.69) is 15.5 Å². The molecule has 2 rings (SSSR count). The normalized spacial score (nSPS) is 10.6. The minimum atomic E-state index is -0.352. The van der Waals surface area contributed by atoms with Gasteiger partial charge >= 0.3 is 0 Å². The van der Waals surface area contributed by atoms with Crippen molar-refractivity contribution in [2.45, 2.75) is 6.92 Å². The van der Waals surface area contributed by atoms with Gasteiger partial charge in [-0.3, -0.25) is 9.78 Å². The third kappa shape index (κ3) is 4.89. The highest BCUT2D eigenvalue weighted by Gasteiger charge is 2.03. The van der Waals surface area contributed by atoms with Crippen molar-refractivity contribution in [3.05, 3.63) is 58.9 Å². The number of nitrogens with one attached hydrogen (secondary N) is 1. The van der Waals surface area contributed by atoms with Crippen molar-refractivity contribution in [3.8, 4) is 5.75 Å². The summed E-state index contributed by atoms with van der Waals surface area (Å²) in [7, 11) is 0. The molecule has 0 saturated carbocycles. The number of carbonyl (C=O) groups is 1. The molecule has 1 N–H and O–H groups in total. The first kappa shape index (κ1) is 15.0. The number of pyridine rings is 1. The molecule has 1 aromatic heterocycles. The zero-order chi connectivity index (χ0) is 15.1. The van der Waals surface area contributed by atoms with Crippen molar-refractivity contribution in [2.75, 3.05) is 6.61 Å². The standard InChI is InChI=1S/C15H14ClN3O2/c1-11-8-13(5-6-14(11)16)21-10-15(20)19-18-9-12-4-2-3-7-17-12/h2-9H,10H2,1H3,(H,19,20)/b18-9+. The number of amides is 1. The first-order valence-corrected chi connectivity index (χ1v) is 6.65.